The predicted octanol–water partition coefficient (Wildman–Crippen LogP) is -1.31. The lowest BCUT2D eigenvalue weighted by molar-refractivity contribution is -0.145. The highest BCUT2D eigenvalue weighted by molar-refractivity contribution is 7.84. The first-order chi connectivity index (χ1) is 8.61. The molecule has 0 saturated carbocycles. The molecule has 0 radical (unpaired) electrons. The quantitative estimate of drug-likeness (QED) is 0.493. The molecule has 6 nitrogen and oxygen atoms in total. The first-order valence-electron chi connectivity index (χ1n) is 6.19. The van der Waals surface area contributed by atoms with Gasteiger partial charge in [-0.15, -0.1) is 0 Å². The lowest BCUT2D eigenvalue weighted by atomic mass is 10.3. The standard InChI is InChI=1S/C11H21N3O3S/c1-18(17)9-3-5-13-10(15)11(16)14-7-2-4-12-6-8-14/h12H,2-9H2,1H3,(H,13,15). The highest BCUT2D eigenvalue weighted by Gasteiger charge is 2.21. The number of carbonyl (C=O) groups is 2. The van der Waals surface area contributed by atoms with E-state index in [1.165, 1.54) is 0 Å². The number of nitrogens with one attached hydrogen (secondary N) is 2. The smallest absolute Gasteiger partial charge is 0.311 e. The molecule has 1 unspecified atom stereocenters. The third kappa shape index (κ3) is 5.59. The van der Waals surface area contributed by atoms with Crippen molar-refractivity contribution in [2.75, 3.05) is 44.7 Å². The summed E-state index contributed by atoms with van der Waals surface area (Å²) < 4.78 is 10.8. The van der Waals surface area contributed by atoms with Crippen LogP contribution in [0.25, 0.3) is 0 Å². The topological polar surface area (TPSA) is 78.5 Å². The molecular weight excluding hydrogens is 254 g/mol. The summed E-state index contributed by atoms with van der Waals surface area (Å²) in [5.41, 5.74) is 0. The SMILES string of the molecule is CS(=O)CCCNC(=O)C(=O)N1CCCNCC1. The van der Waals surface area contributed by atoms with E-state index in [0.29, 0.717) is 31.8 Å². The van der Waals surface area contributed by atoms with Gasteiger partial charge in [0.15, 0.2) is 0 Å². The Labute approximate surface area is 110 Å². The van der Waals surface area contributed by atoms with Crippen LogP contribution in [0.1, 0.15) is 12.8 Å². The van der Waals surface area contributed by atoms with E-state index in [1.807, 2.05) is 0 Å². The van der Waals surface area contributed by atoms with Gasteiger partial charge in [-0.3, -0.25) is 13.8 Å². The first kappa shape index (κ1) is 15.1. The van der Waals surface area contributed by atoms with Crippen molar-refractivity contribution in [1.82, 2.24) is 15.5 Å². The summed E-state index contributed by atoms with van der Waals surface area (Å²) in [5.74, 6) is -0.475. The van der Waals surface area contributed by atoms with Crippen LogP contribution < -0.4 is 10.6 Å². The Morgan fingerprint density at radius 2 is 2.11 bits per heavy atom. The van der Waals surface area contributed by atoms with E-state index in [2.05, 4.69) is 10.6 Å². The van der Waals surface area contributed by atoms with Crippen LogP contribution in [0.2, 0.25) is 0 Å². The maximum atomic E-state index is 11.8. The van der Waals surface area contributed by atoms with E-state index < -0.39 is 22.6 Å². The fourth-order valence-corrected chi connectivity index (χ4v) is 2.30. The Balaban J connectivity index is 2.27. The Hall–Kier alpha value is -0.950. The van der Waals surface area contributed by atoms with Crippen molar-refractivity contribution in [2.24, 2.45) is 0 Å². The van der Waals surface area contributed by atoms with Crippen LogP contribution in [0.5, 0.6) is 0 Å². The lowest BCUT2D eigenvalue weighted by Crippen LogP contribution is -2.44. The summed E-state index contributed by atoms with van der Waals surface area (Å²) in [4.78, 5) is 25.0. The molecule has 0 aromatic carbocycles. The molecule has 1 atom stereocenters. The molecule has 1 rings (SSSR count). The van der Waals surface area contributed by atoms with Gasteiger partial charge >= 0.3 is 11.8 Å². The number of hydrogen-bond donors (Lipinski definition) is 2. The average molecular weight is 275 g/mol. The third-order valence-electron chi connectivity index (χ3n) is 2.72. The van der Waals surface area contributed by atoms with Gasteiger partial charge in [0.25, 0.3) is 0 Å². The first-order valence-corrected chi connectivity index (χ1v) is 7.92. The van der Waals surface area contributed by atoms with Crippen molar-refractivity contribution < 1.29 is 13.8 Å². The molecule has 0 bridgehead atoms. The van der Waals surface area contributed by atoms with E-state index in [4.69, 9.17) is 0 Å². The molecule has 104 valence electrons. The fraction of sp³-hybridized carbons (Fsp3) is 0.818. The zero-order chi connectivity index (χ0) is 13.4. The normalized spacial score (nSPS) is 17.9. The van der Waals surface area contributed by atoms with E-state index in [9.17, 15) is 13.8 Å². The van der Waals surface area contributed by atoms with Crippen molar-refractivity contribution in [3.8, 4) is 0 Å². The van der Waals surface area contributed by atoms with Gasteiger partial charge in [0.2, 0.25) is 0 Å². The van der Waals surface area contributed by atoms with Gasteiger partial charge in [-0.2, -0.15) is 0 Å². The monoisotopic (exact) mass is 275 g/mol. The van der Waals surface area contributed by atoms with Crippen LogP contribution in [0.15, 0.2) is 0 Å². The molecule has 2 N–H and O–H groups in total. The predicted molar refractivity (Wildman–Crippen MR) is 70.6 cm³/mol. The van der Waals surface area contributed by atoms with Crippen LogP contribution in [0.4, 0.5) is 0 Å². The van der Waals surface area contributed by atoms with Crippen molar-refractivity contribution in [2.45, 2.75) is 12.8 Å². The Morgan fingerprint density at radius 1 is 1.33 bits per heavy atom. The number of carbonyl (C=O) groups excluding carboxylic acids is 2. The maximum absolute atomic E-state index is 11.8. The van der Waals surface area contributed by atoms with Gasteiger partial charge in [-0.25, -0.2) is 0 Å². The molecule has 0 aromatic heterocycles. The van der Waals surface area contributed by atoms with Crippen molar-refractivity contribution >= 4 is 22.6 Å². The molecule has 0 aromatic rings. The minimum atomic E-state index is -0.852. The van der Waals surface area contributed by atoms with Crippen LogP contribution >= 0.6 is 0 Å². The highest BCUT2D eigenvalue weighted by atomic mass is 32.2. The largest absolute Gasteiger partial charge is 0.348 e. The second kappa shape index (κ2) is 8.20. The Bertz CT molecular complexity index is 315. The second-order valence-corrected chi connectivity index (χ2v) is 5.84. The van der Waals surface area contributed by atoms with E-state index in [-0.39, 0.29) is 0 Å². The lowest BCUT2D eigenvalue weighted by Gasteiger charge is -2.19. The molecule has 0 spiro atoms. The molecule has 1 aliphatic heterocycles. The van der Waals surface area contributed by atoms with Crippen molar-refractivity contribution in [3.05, 3.63) is 0 Å². The Morgan fingerprint density at radius 3 is 2.83 bits per heavy atom. The van der Waals surface area contributed by atoms with Crippen molar-refractivity contribution in [3.63, 3.8) is 0 Å². The molecule has 18 heavy (non-hydrogen) atoms. The van der Waals surface area contributed by atoms with Gasteiger partial charge in [-0.05, 0) is 19.4 Å². The molecule has 1 saturated heterocycles. The van der Waals surface area contributed by atoms with Gasteiger partial charge in [0, 0.05) is 49.0 Å². The van der Waals surface area contributed by atoms with E-state index in [0.717, 1.165) is 19.5 Å². The maximum Gasteiger partial charge on any atom is 0.311 e. The van der Waals surface area contributed by atoms with Gasteiger partial charge < -0.3 is 15.5 Å². The van der Waals surface area contributed by atoms with E-state index >= 15 is 0 Å². The average Bonchev–Trinajstić information content (AvgIpc) is 2.61. The van der Waals surface area contributed by atoms with Gasteiger partial charge in [0.1, 0.15) is 0 Å². The van der Waals surface area contributed by atoms with Crippen molar-refractivity contribution in [1.29, 1.82) is 0 Å². The van der Waals surface area contributed by atoms with Crippen LogP contribution in [-0.4, -0.2) is 65.7 Å². The van der Waals surface area contributed by atoms with E-state index in [1.54, 1.807) is 11.2 Å². The van der Waals surface area contributed by atoms with Crippen LogP contribution in [0, 0.1) is 0 Å². The second-order valence-electron chi connectivity index (χ2n) is 4.28. The van der Waals surface area contributed by atoms with Gasteiger partial charge in [-0.1, -0.05) is 0 Å². The number of nitrogens with zero attached hydrogens (tertiary/aromatic N) is 1. The minimum absolute atomic E-state index is 0.399. The Kier molecular flexibility index (Phi) is 6.89. The number of amides is 2. The summed E-state index contributed by atoms with van der Waals surface area (Å²) in [6.07, 6.45) is 3.12. The molecule has 1 aliphatic rings. The molecule has 0 aliphatic carbocycles. The summed E-state index contributed by atoms with van der Waals surface area (Å²) >= 11 is 0. The molecular formula is C11H21N3O3S. The highest BCUT2D eigenvalue weighted by Crippen LogP contribution is 1.96. The van der Waals surface area contributed by atoms with Crippen LogP contribution in [-0.2, 0) is 20.4 Å². The molecule has 2 amide bonds. The minimum Gasteiger partial charge on any atom is -0.348 e. The summed E-state index contributed by atoms with van der Waals surface area (Å²) in [6.45, 7) is 3.21. The summed E-state index contributed by atoms with van der Waals surface area (Å²) in [5, 5.41) is 5.75. The zero-order valence-corrected chi connectivity index (χ0v) is 11.6. The molecule has 7 heteroatoms. The van der Waals surface area contributed by atoms with Gasteiger partial charge in [0.05, 0.1) is 0 Å². The summed E-state index contributed by atoms with van der Waals surface area (Å²) in [7, 11) is -0.852. The molecule has 1 heterocycles. The van der Waals surface area contributed by atoms with Crippen LogP contribution in [0.3, 0.4) is 0 Å². The molecule has 1 fully saturated rings. The number of hydrogen-bond acceptors (Lipinski definition) is 4. The number of rotatable bonds is 4. The summed E-state index contributed by atoms with van der Waals surface area (Å²) in [6, 6.07) is 0. The third-order valence-corrected chi connectivity index (χ3v) is 3.58. The zero-order valence-electron chi connectivity index (χ0n) is 10.7. The fourth-order valence-electron chi connectivity index (χ4n) is 1.75.